The zero-order chi connectivity index (χ0) is 13.8. The third-order valence-electron chi connectivity index (χ3n) is 3.09. The van der Waals surface area contributed by atoms with Crippen molar-refractivity contribution in [3.8, 4) is 5.69 Å². The monoisotopic (exact) mass is 285 g/mol. The molecule has 2 heterocycles. The Morgan fingerprint density at radius 3 is 2.85 bits per heavy atom. The molecule has 5 nitrogen and oxygen atoms in total. The van der Waals surface area contributed by atoms with Crippen LogP contribution in [0.2, 0.25) is 0 Å². The zero-order valence-corrected chi connectivity index (χ0v) is 11.6. The second-order valence-corrected chi connectivity index (χ2v) is 5.38. The number of rotatable bonds is 5. The summed E-state index contributed by atoms with van der Waals surface area (Å²) in [5.41, 5.74) is 4.91. The third kappa shape index (κ3) is 2.77. The molecule has 1 unspecified atom stereocenters. The smallest absolute Gasteiger partial charge is 0.0944 e. The van der Waals surface area contributed by atoms with Gasteiger partial charge in [-0.1, -0.05) is 18.2 Å². The van der Waals surface area contributed by atoms with E-state index >= 15 is 0 Å². The second kappa shape index (κ2) is 5.96. The first-order chi connectivity index (χ1) is 9.86. The van der Waals surface area contributed by atoms with Crippen LogP contribution in [0, 0.1) is 0 Å². The maximum atomic E-state index is 5.66. The van der Waals surface area contributed by atoms with Crippen LogP contribution in [0.3, 0.4) is 0 Å². The lowest BCUT2D eigenvalue weighted by Crippen LogP contribution is -2.29. The summed E-state index contributed by atoms with van der Waals surface area (Å²) in [4.78, 5) is 4.29. The van der Waals surface area contributed by atoms with Crippen molar-refractivity contribution in [3.63, 3.8) is 0 Å². The van der Waals surface area contributed by atoms with Crippen LogP contribution in [0.1, 0.15) is 16.6 Å². The number of hydrogen-bond donors (Lipinski definition) is 2. The Hall–Kier alpha value is -2.02. The van der Waals surface area contributed by atoms with Crippen molar-refractivity contribution >= 4 is 11.3 Å². The standard InChI is InChI=1S/C14H15N5S/c15-18-13(8-14-16-6-7-20-14)11-9-17-19(10-11)12-4-2-1-3-5-12/h1-7,9-10,13,18H,8,15H2. The SMILES string of the molecule is NNC(Cc1nccs1)c1cnn(-c2ccccc2)c1. The van der Waals surface area contributed by atoms with Crippen molar-refractivity contribution in [1.82, 2.24) is 20.2 Å². The van der Waals surface area contributed by atoms with Gasteiger partial charge in [-0.2, -0.15) is 5.10 Å². The molecule has 102 valence electrons. The lowest BCUT2D eigenvalue weighted by Gasteiger charge is -2.11. The first kappa shape index (κ1) is 13.0. The highest BCUT2D eigenvalue weighted by atomic mass is 32.1. The van der Waals surface area contributed by atoms with Crippen LogP contribution in [0.25, 0.3) is 5.69 Å². The minimum absolute atomic E-state index is 0.0126. The van der Waals surface area contributed by atoms with Crippen LogP contribution in [0.5, 0.6) is 0 Å². The van der Waals surface area contributed by atoms with Gasteiger partial charge >= 0.3 is 0 Å². The predicted octanol–water partition coefficient (Wildman–Crippen LogP) is 2.08. The molecule has 1 aromatic carbocycles. The van der Waals surface area contributed by atoms with E-state index in [0.29, 0.717) is 0 Å². The number of para-hydroxylation sites is 1. The predicted molar refractivity (Wildman–Crippen MR) is 79.4 cm³/mol. The first-order valence-electron chi connectivity index (χ1n) is 6.31. The summed E-state index contributed by atoms with van der Waals surface area (Å²) in [6, 6.07) is 10.0. The van der Waals surface area contributed by atoms with Crippen LogP contribution in [-0.4, -0.2) is 14.8 Å². The average molecular weight is 285 g/mol. The maximum absolute atomic E-state index is 5.66. The van der Waals surface area contributed by atoms with E-state index < -0.39 is 0 Å². The van der Waals surface area contributed by atoms with Gasteiger partial charge < -0.3 is 0 Å². The van der Waals surface area contributed by atoms with Gasteiger partial charge in [0.15, 0.2) is 0 Å². The van der Waals surface area contributed by atoms with Crippen molar-refractivity contribution in [2.45, 2.75) is 12.5 Å². The van der Waals surface area contributed by atoms with E-state index in [-0.39, 0.29) is 6.04 Å². The van der Waals surface area contributed by atoms with E-state index in [1.165, 1.54) is 0 Å². The number of hydrogen-bond acceptors (Lipinski definition) is 5. The highest BCUT2D eigenvalue weighted by Gasteiger charge is 2.14. The molecule has 0 aliphatic heterocycles. The summed E-state index contributed by atoms with van der Waals surface area (Å²) in [6.45, 7) is 0. The highest BCUT2D eigenvalue weighted by molar-refractivity contribution is 7.09. The molecule has 3 rings (SSSR count). The fourth-order valence-corrected chi connectivity index (χ4v) is 2.70. The van der Waals surface area contributed by atoms with E-state index in [9.17, 15) is 0 Å². The molecular formula is C14H15N5S. The van der Waals surface area contributed by atoms with E-state index in [1.807, 2.05) is 52.8 Å². The lowest BCUT2D eigenvalue weighted by molar-refractivity contribution is 0.550. The highest BCUT2D eigenvalue weighted by Crippen LogP contribution is 2.19. The largest absolute Gasteiger partial charge is 0.271 e. The van der Waals surface area contributed by atoms with Gasteiger partial charge in [0.25, 0.3) is 0 Å². The molecule has 3 N–H and O–H groups in total. The van der Waals surface area contributed by atoms with Crippen molar-refractivity contribution in [1.29, 1.82) is 0 Å². The third-order valence-corrected chi connectivity index (χ3v) is 3.89. The Morgan fingerprint density at radius 2 is 2.15 bits per heavy atom. The Morgan fingerprint density at radius 1 is 1.30 bits per heavy atom. The summed E-state index contributed by atoms with van der Waals surface area (Å²) in [6.07, 6.45) is 6.40. The quantitative estimate of drug-likeness (QED) is 0.556. The molecule has 20 heavy (non-hydrogen) atoms. The Bertz CT molecular complexity index is 647. The van der Waals surface area contributed by atoms with Crippen LogP contribution in [0.4, 0.5) is 0 Å². The molecule has 0 radical (unpaired) electrons. The van der Waals surface area contributed by atoms with Crippen LogP contribution >= 0.6 is 11.3 Å². The van der Waals surface area contributed by atoms with Crippen LogP contribution in [-0.2, 0) is 6.42 Å². The molecule has 0 spiro atoms. The molecule has 0 saturated carbocycles. The number of thiazole rings is 1. The topological polar surface area (TPSA) is 68.8 Å². The molecule has 3 aromatic rings. The molecule has 6 heteroatoms. The van der Waals surface area contributed by atoms with Crippen molar-refractivity contribution in [2.24, 2.45) is 5.84 Å². The average Bonchev–Trinajstić information content (AvgIpc) is 3.17. The lowest BCUT2D eigenvalue weighted by atomic mass is 10.1. The van der Waals surface area contributed by atoms with E-state index in [0.717, 1.165) is 22.7 Å². The number of aromatic nitrogens is 3. The van der Waals surface area contributed by atoms with Crippen LogP contribution < -0.4 is 11.3 Å². The molecule has 0 saturated heterocycles. The van der Waals surface area contributed by atoms with Gasteiger partial charge in [0.1, 0.15) is 0 Å². The number of nitrogens with zero attached hydrogens (tertiary/aromatic N) is 3. The van der Waals surface area contributed by atoms with E-state index in [4.69, 9.17) is 5.84 Å². The van der Waals surface area contributed by atoms with Crippen molar-refractivity contribution in [2.75, 3.05) is 0 Å². The summed E-state index contributed by atoms with van der Waals surface area (Å²) in [5, 5.41) is 7.41. The minimum Gasteiger partial charge on any atom is -0.271 e. The summed E-state index contributed by atoms with van der Waals surface area (Å²) < 4.78 is 1.85. The molecule has 0 aliphatic carbocycles. The van der Waals surface area contributed by atoms with Crippen molar-refractivity contribution in [3.05, 3.63) is 64.9 Å². The second-order valence-electron chi connectivity index (χ2n) is 4.40. The number of hydrazine groups is 1. The minimum atomic E-state index is 0.0126. The van der Waals surface area contributed by atoms with Gasteiger partial charge in [-0.25, -0.2) is 9.67 Å². The van der Waals surface area contributed by atoms with Gasteiger partial charge in [0, 0.05) is 29.8 Å². The summed E-state index contributed by atoms with van der Waals surface area (Å²) in [7, 11) is 0. The zero-order valence-electron chi connectivity index (χ0n) is 10.8. The molecule has 1 atom stereocenters. The van der Waals surface area contributed by atoms with Gasteiger partial charge in [0.2, 0.25) is 0 Å². The Kier molecular flexibility index (Phi) is 3.87. The first-order valence-corrected chi connectivity index (χ1v) is 7.19. The Labute approximate surface area is 121 Å². The molecular weight excluding hydrogens is 270 g/mol. The fourth-order valence-electron chi connectivity index (χ4n) is 2.04. The normalized spacial score (nSPS) is 12.4. The van der Waals surface area contributed by atoms with Gasteiger partial charge in [-0.05, 0) is 12.1 Å². The van der Waals surface area contributed by atoms with E-state index in [1.54, 1.807) is 17.5 Å². The fraction of sp³-hybridized carbons (Fsp3) is 0.143. The molecule has 0 bridgehead atoms. The molecule has 0 fully saturated rings. The molecule has 0 aliphatic rings. The van der Waals surface area contributed by atoms with Crippen molar-refractivity contribution < 1.29 is 0 Å². The summed E-state index contributed by atoms with van der Waals surface area (Å²) in [5.74, 6) is 5.66. The number of nitrogens with one attached hydrogen (secondary N) is 1. The van der Waals surface area contributed by atoms with E-state index in [2.05, 4.69) is 15.5 Å². The maximum Gasteiger partial charge on any atom is 0.0944 e. The molecule has 2 aromatic heterocycles. The number of benzene rings is 1. The Balaban J connectivity index is 1.81. The van der Waals surface area contributed by atoms with Gasteiger partial charge in [-0.3, -0.25) is 11.3 Å². The summed E-state index contributed by atoms with van der Waals surface area (Å²) >= 11 is 1.63. The molecule has 0 amide bonds. The van der Waals surface area contributed by atoms with Gasteiger partial charge in [-0.15, -0.1) is 11.3 Å². The van der Waals surface area contributed by atoms with Gasteiger partial charge in [0.05, 0.1) is 22.9 Å². The van der Waals surface area contributed by atoms with Crippen LogP contribution in [0.15, 0.2) is 54.3 Å². The number of nitrogens with two attached hydrogens (primary N) is 1.